The smallest absolute Gasteiger partial charge is 0.288 e. The van der Waals surface area contributed by atoms with E-state index >= 15 is 0 Å². The van der Waals surface area contributed by atoms with Gasteiger partial charge in [-0.05, 0) is 36.4 Å². The maximum absolute atomic E-state index is 12.4. The molecule has 0 saturated carbocycles. The number of benzene rings is 2. The highest BCUT2D eigenvalue weighted by atomic mass is 32.2. The van der Waals surface area contributed by atoms with Crippen LogP contribution in [0.15, 0.2) is 47.4 Å². The fourth-order valence-electron chi connectivity index (χ4n) is 2.03. The van der Waals surface area contributed by atoms with Crippen LogP contribution in [-0.2, 0) is 4.79 Å². The summed E-state index contributed by atoms with van der Waals surface area (Å²) in [6.45, 7) is 1.36. The molecule has 0 aliphatic rings. The van der Waals surface area contributed by atoms with Gasteiger partial charge in [0.2, 0.25) is 5.91 Å². The molecule has 0 aromatic heterocycles. The monoisotopic (exact) mass is 366 g/mol. The number of halogens is 2. The van der Waals surface area contributed by atoms with E-state index in [0.717, 1.165) is 0 Å². The lowest BCUT2D eigenvalue weighted by molar-refractivity contribution is -0.114. The van der Waals surface area contributed by atoms with Gasteiger partial charge in [0.15, 0.2) is 0 Å². The molecule has 2 rings (SSSR count). The molecule has 0 heterocycles. The standard InChI is InChI=1S/C17H16F2N2O3S/c1-10(22)20-14-8-5-12(24-2)9-15(14)21-16(23)11-3-6-13(7-4-11)25-17(18)19/h3-9,17H,1-2H3,(H,20,22)(H,21,23). The quantitative estimate of drug-likeness (QED) is 0.751. The largest absolute Gasteiger partial charge is 0.497 e. The predicted octanol–water partition coefficient (Wildman–Crippen LogP) is 4.22. The number of anilines is 2. The van der Waals surface area contributed by atoms with E-state index in [-0.39, 0.29) is 5.91 Å². The Bertz CT molecular complexity index is 767. The number of carbonyl (C=O) groups excluding carboxylic acids is 2. The van der Waals surface area contributed by atoms with Crippen molar-refractivity contribution < 1.29 is 23.1 Å². The molecule has 25 heavy (non-hydrogen) atoms. The fourth-order valence-corrected chi connectivity index (χ4v) is 2.53. The minimum Gasteiger partial charge on any atom is -0.497 e. The van der Waals surface area contributed by atoms with Crippen LogP contribution in [0, 0.1) is 0 Å². The lowest BCUT2D eigenvalue weighted by atomic mass is 10.2. The second-order valence-electron chi connectivity index (χ2n) is 4.95. The SMILES string of the molecule is COc1ccc(NC(C)=O)c(NC(=O)c2ccc(SC(F)F)cc2)c1. The molecule has 0 unspecified atom stereocenters. The topological polar surface area (TPSA) is 67.4 Å². The van der Waals surface area contributed by atoms with Gasteiger partial charge >= 0.3 is 0 Å². The van der Waals surface area contributed by atoms with Gasteiger partial charge in [-0.15, -0.1) is 0 Å². The minimum absolute atomic E-state index is 0.283. The molecule has 0 fully saturated rings. The molecule has 132 valence electrons. The Morgan fingerprint density at radius 2 is 1.72 bits per heavy atom. The molecule has 0 atom stereocenters. The van der Waals surface area contributed by atoms with Gasteiger partial charge in [-0.1, -0.05) is 11.8 Å². The number of hydrogen-bond acceptors (Lipinski definition) is 4. The van der Waals surface area contributed by atoms with E-state index in [9.17, 15) is 18.4 Å². The number of rotatable bonds is 6. The van der Waals surface area contributed by atoms with Gasteiger partial charge in [-0.25, -0.2) is 0 Å². The first-order valence-corrected chi connectivity index (χ1v) is 8.09. The number of ether oxygens (including phenoxy) is 1. The van der Waals surface area contributed by atoms with Crippen molar-refractivity contribution in [2.24, 2.45) is 0 Å². The molecule has 0 radical (unpaired) electrons. The average molecular weight is 366 g/mol. The number of thioether (sulfide) groups is 1. The van der Waals surface area contributed by atoms with E-state index in [0.29, 0.717) is 39.3 Å². The minimum atomic E-state index is -2.52. The third-order valence-electron chi connectivity index (χ3n) is 3.13. The van der Waals surface area contributed by atoms with Crippen LogP contribution < -0.4 is 15.4 Å². The van der Waals surface area contributed by atoms with Gasteiger partial charge in [-0.3, -0.25) is 9.59 Å². The third-order valence-corrected chi connectivity index (χ3v) is 3.85. The summed E-state index contributed by atoms with van der Waals surface area (Å²) in [5.41, 5.74) is 1.09. The van der Waals surface area contributed by atoms with Crippen LogP contribution >= 0.6 is 11.8 Å². The number of alkyl halides is 2. The Kier molecular flexibility index (Phi) is 6.35. The Balaban J connectivity index is 2.19. The molecule has 2 aromatic carbocycles. The van der Waals surface area contributed by atoms with E-state index in [1.807, 2.05) is 0 Å². The van der Waals surface area contributed by atoms with Gasteiger partial charge in [0.05, 0.1) is 18.5 Å². The first-order valence-electron chi connectivity index (χ1n) is 7.21. The van der Waals surface area contributed by atoms with Crippen molar-refractivity contribution in [2.75, 3.05) is 17.7 Å². The molecular weight excluding hydrogens is 350 g/mol. The Morgan fingerprint density at radius 1 is 1.04 bits per heavy atom. The van der Waals surface area contributed by atoms with Crippen molar-refractivity contribution >= 4 is 35.0 Å². The molecule has 0 saturated heterocycles. The molecule has 8 heteroatoms. The van der Waals surface area contributed by atoms with E-state index in [1.54, 1.807) is 18.2 Å². The highest BCUT2D eigenvalue weighted by Crippen LogP contribution is 2.28. The number of methoxy groups -OCH3 is 1. The van der Waals surface area contributed by atoms with Gasteiger partial charge in [0.25, 0.3) is 11.7 Å². The van der Waals surface area contributed by atoms with E-state index < -0.39 is 11.7 Å². The summed E-state index contributed by atoms with van der Waals surface area (Å²) in [5.74, 6) is -2.73. The zero-order chi connectivity index (χ0) is 18.4. The summed E-state index contributed by atoms with van der Waals surface area (Å²) in [6, 6.07) is 10.6. The van der Waals surface area contributed by atoms with Crippen molar-refractivity contribution in [1.82, 2.24) is 0 Å². The number of carbonyl (C=O) groups is 2. The summed E-state index contributed by atoms with van der Waals surface area (Å²) in [4.78, 5) is 24.0. The van der Waals surface area contributed by atoms with E-state index in [4.69, 9.17) is 4.74 Å². The zero-order valence-corrected chi connectivity index (χ0v) is 14.3. The second kappa shape index (κ2) is 8.48. The van der Waals surface area contributed by atoms with Crippen LogP contribution in [0.2, 0.25) is 0 Å². The number of nitrogens with one attached hydrogen (secondary N) is 2. The molecule has 2 amide bonds. The molecule has 5 nitrogen and oxygen atoms in total. The maximum Gasteiger partial charge on any atom is 0.288 e. The van der Waals surface area contributed by atoms with Gasteiger partial charge in [0.1, 0.15) is 5.75 Å². The molecule has 0 aliphatic carbocycles. The molecular formula is C17H16F2N2O3S. The normalized spacial score (nSPS) is 10.4. The molecule has 0 spiro atoms. The van der Waals surface area contributed by atoms with Crippen LogP contribution in [-0.4, -0.2) is 24.7 Å². The Hall–Kier alpha value is -2.61. The molecule has 0 bridgehead atoms. The van der Waals surface area contributed by atoms with Crippen molar-refractivity contribution in [3.8, 4) is 5.75 Å². The van der Waals surface area contributed by atoms with Gasteiger partial charge in [-0.2, -0.15) is 8.78 Å². The average Bonchev–Trinajstić information content (AvgIpc) is 2.56. The van der Waals surface area contributed by atoms with Crippen LogP contribution in [0.4, 0.5) is 20.2 Å². The maximum atomic E-state index is 12.4. The molecule has 0 aliphatic heterocycles. The summed E-state index contributed by atoms with van der Waals surface area (Å²) in [7, 11) is 1.48. The summed E-state index contributed by atoms with van der Waals surface area (Å²) in [5, 5.41) is 5.29. The van der Waals surface area contributed by atoms with Crippen LogP contribution in [0.1, 0.15) is 17.3 Å². The van der Waals surface area contributed by atoms with Crippen LogP contribution in [0.3, 0.4) is 0 Å². The Morgan fingerprint density at radius 3 is 2.28 bits per heavy atom. The lowest BCUT2D eigenvalue weighted by Gasteiger charge is -2.13. The highest BCUT2D eigenvalue weighted by molar-refractivity contribution is 7.99. The van der Waals surface area contributed by atoms with E-state index in [1.165, 1.54) is 38.3 Å². The first-order chi connectivity index (χ1) is 11.9. The summed E-state index contributed by atoms with van der Waals surface area (Å²) in [6.07, 6.45) is 0. The third kappa shape index (κ3) is 5.46. The first kappa shape index (κ1) is 18.7. The molecule has 2 aromatic rings. The van der Waals surface area contributed by atoms with Crippen molar-refractivity contribution in [3.63, 3.8) is 0 Å². The zero-order valence-electron chi connectivity index (χ0n) is 13.5. The van der Waals surface area contributed by atoms with Crippen molar-refractivity contribution in [2.45, 2.75) is 17.6 Å². The molecule has 2 N–H and O–H groups in total. The van der Waals surface area contributed by atoms with Gasteiger partial charge in [0, 0.05) is 23.4 Å². The van der Waals surface area contributed by atoms with Crippen molar-refractivity contribution in [3.05, 3.63) is 48.0 Å². The second-order valence-corrected chi connectivity index (χ2v) is 6.01. The predicted molar refractivity (Wildman–Crippen MR) is 93.6 cm³/mol. The van der Waals surface area contributed by atoms with Gasteiger partial charge < -0.3 is 15.4 Å². The van der Waals surface area contributed by atoms with Crippen molar-refractivity contribution in [1.29, 1.82) is 0 Å². The number of amides is 2. The lowest BCUT2D eigenvalue weighted by Crippen LogP contribution is -2.15. The fraction of sp³-hybridized carbons (Fsp3) is 0.176. The Labute approximate surface area is 147 Å². The number of hydrogen-bond donors (Lipinski definition) is 2. The van der Waals surface area contributed by atoms with Crippen LogP contribution in [0.25, 0.3) is 0 Å². The van der Waals surface area contributed by atoms with E-state index in [2.05, 4.69) is 10.6 Å². The summed E-state index contributed by atoms with van der Waals surface area (Å²) >= 11 is 0.408. The summed E-state index contributed by atoms with van der Waals surface area (Å²) < 4.78 is 29.8. The van der Waals surface area contributed by atoms with Crippen LogP contribution in [0.5, 0.6) is 5.75 Å². The highest BCUT2D eigenvalue weighted by Gasteiger charge is 2.12.